The van der Waals surface area contributed by atoms with Crippen LogP contribution in [0.1, 0.15) is 15.9 Å². The van der Waals surface area contributed by atoms with Crippen LogP contribution in [-0.4, -0.2) is 17.2 Å². The van der Waals surface area contributed by atoms with E-state index >= 15 is 0 Å². The van der Waals surface area contributed by atoms with Gasteiger partial charge in [0.1, 0.15) is 5.75 Å². The lowest BCUT2D eigenvalue weighted by Crippen LogP contribution is -2.19. The number of nitrogens with zero attached hydrogens (tertiary/aromatic N) is 1. The molecule has 0 spiro atoms. The van der Waals surface area contributed by atoms with E-state index in [1.165, 1.54) is 18.3 Å². The molecule has 2 aromatic carbocycles. The van der Waals surface area contributed by atoms with Gasteiger partial charge in [0.15, 0.2) is 0 Å². The van der Waals surface area contributed by atoms with Crippen molar-refractivity contribution >= 4 is 41.0 Å². The zero-order valence-electron chi connectivity index (χ0n) is 10.7. The Bertz CT molecular complexity index is 717. The first-order valence-electron chi connectivity index (χ1n) is 5.85. The summed E-state index contributed by atoms with van der Waals surface area (Å²) in [6, 6.07) is 9.47. The molecule has 21 heavy (non-hydrogen) atoms. The van der Waals surface area contributed by atoms with Gasteiger partial charge in [-0.1, -0.05) is 35.3 Å². The second kappa shape index (κ2) is 6.47. The van der Waals surface area contributed by atoms with E-state index in [0.29, 0.717) is 16.3 Å². The lowest BCUT2D eigenvalue weighted by atomic mass is 10.2. The normalized spacial score (nSPS) is 10.8. The van der Waals surface area contributed by atoms with E-state index in [4.69, 9.17) is 28.9 Å². The number of nitrogens with two attached hydrogens (primary N) is 1. The van der Waals surface area contributed by atoms with Crippen molar-refractivity contribution in [3.8, 4) is 5.75 Å². The number of nitrogens with one attached hydrogen (secondary N) is 1. The van der Waals surface area contributed by atoms with Gasteiger partial charge in [0.25, 0.3) is 5.91 Å². The van der Waals surface area contributed by atoms with Crippen molar-refractivity contribution in [3.63, 3.8) is 0 Å². The van der Waals surface area contributed by atoms with E-state index in [9.17, 15) is 9.90 Å². The fourth-order valence-electron chi connectivity index (χ4n) is 1.61. The number of hydrogen-bond acceptors (Lipinski definition) is 4. The van der Waals surface area contributed by atoms with Crippen molar-refractivity contribution < 1.29 is 9.90 Å². The maximum Gasteiger partial charge on any atom is 0.273 e. The largest absolute Gasteiger partial charge is 0.506 e. The van der Waals surface area contributed by atoms with Gasteiger partial charge in [0.05, 0.1) is 16.8 Å². The van der Waals surface area contributed by atoms with Crippen LogP contribution in [0, 0.1) is 0 Å². The Morgan fingerprint density at radius 2 is 2.00 bits per heavy atom. The second-order valence-corrected chi connectivity index (χ2v) is 4.96. The van der Waals surface area contributed by atoms with Gasteiger partial charge in [-0.3, -0.25) is 4.79 Å². The Balaban J connectivity index is 2.13. The van der Waals surface area contributed by atoms with Crippen LogP contribution in [-0.2, 0) is 0 Å². The molecule has 4 N–H and O–H groups in total. The highest BCUT2D eigenvalue weighted by Gasteiger charge is 2.08. The number of anilines is 1. The van der Waals surface area contributed by atoms with Crippen LogP contribution in [0.3, 0.4) is 0 Å². The van der Waals surface area contributed by atoms with E-state index in [1.807, 2.05) is 0 Å². The van der Waals surface area contributed by atoms with Gasteiger partial charge in [0, 0.05) is 16.3 Å². The van der Waals surface area contributed by atoms with Gasteiger partial charge < -0.3 is 10.8 Å². The zero-order chi connectivity index (χ0) is 15.4. The van der Waals surface area contributed by atoms with Crippen molar-refractivity contribution in [1.82, 2.24) is 5.43 Å². The molecule has 0 saturated carbocycles. The average Bonchev–Trinajstić information content (AvgIpc) is 2.44. The summed E-state index contributed by atoms with van der Waals surface area (Å²) in [6.07, 6.45) is 1.24. The van der Waals surface area contributed by atoms with Gasteiger partial charge in [-0.05, 0) is 24.3 Å². The first-order chi connectivity index (χ1) is 9.99. The molecular formula is C14H11Cl2N3O2. The average molecular weight is 324 g/mol. The number of hydrazone groups is 1. The first-order valence-corrected chi connectivity index (χ1v) is 6.60. The summed E-state index contributed by atoms with van der Waals surface area (Å²) >= 11 is 11.6. The van der Waals surface area contributed by atoms with Crippen LogP contribution in [0.4, 0.5) is 5.69 Å². The molecule has 0 saturated heterocycles. The van der Waals surface area contributed by atoms with E-state index < -0.39 is 5.91 Å². The van der Waals surface area contributed by atoms with Crippen LogP contribution in [0.25, 0.3) is 0 Å². The molecule has 2 rings (SSSR count). The number of phenolic OH excluding ortho intramolecular Hbond substituents is 1. The van der Waals surface area contributed by atoms with Gasteiger partial charge in [-0.25, -0.2) is 5.43 Å². The summed E-state index contributed by atoms with van der Waals surface area (Å²) in [5.74, 6) is -0.629. The maximum atomic E-state index is 11.9. The summed E-state index contributed by atoms with van der Waals surface area (Å²) in [4.78, 5) is 11.9. The third-order valence-corrected chi connectivity index (χ3v) is 3.14. The molecule has 108 valence electrons. The number of carbonyl (C=O) groups is 1. The second-order valence-electron chi connectivity index (χ2n) is 4.11. The monoisotopic (exact) mass is 323 g/mol. The fourth-order valence-corrected chi connectivity index (χ4v) is 2.12. The number of nitrogen functional groups attached to an aromatic ring is 1. The van der Waals surface area contributed by atoms with Crippen LogP contribution in [0.2, 0.25) is 10.0 Å². The maximum absolute atomic E-state index is 11.9. The smallest absolute Gasteiger partial charge is 0.273 e. The molecule has 0 aliphatic heterocycles. The predicted molar refractivity (Wildman–Crippen MR) is 84.0 cm³/mol. The molecular weight excluding hydrogens is 313 g/mol. The molecule has 1 amide bonds. The minimum absolute atomic E-state index is 0.0996. The number of halogens is 2. The minimum atomic E-state index is -0.461. The lowest BCUT2D eigenvalue weighted by Gasteiger charge is -2.04. The molecule has 0 aromatic heterocycles. The first kappa shape index (κ1) is 15.2. The van der Waals surface area contributed by atoms with E-state index in [-0.39, 0.29) is 16.3 Å². The van der Waals surface area contributed by atoms with Crippen LogP contribution in [0.15, 0.2) is 41.5 Å². The fraction of sp³-hybridized carbons (Fsp3) is 0. The van der Waals surface area contributed by atoms with Crippen LogP contribution >= 0.6 is 23.2 Å². The van der Waals surface area contributed by atoms with Crippen molar-refractivity contribution in [2.45, 2.75) is 0 Å². The molecule has 0 radical (unpaired) electrons. The lowest BCUT2D eigenvalue weighted by molar-refractivity contribution is 0.0956. The molecule has 7 heteroatoms. The Morgan fingerprint density at radius 1 is 1.29 bits per heavy atom. The van der Waals surface area contributed by atoms with Crippen molar-refractivity contribution in [2.75, 3.05) is 5.73 Å². The predicted octanol–water partition coefficient (Wildman–Crippen LogP) is 3.05. The Labute approximate surface area is 131 Å². The standard InChI is InChI=1S/C14H11Cl2N3O2/c15-9-5-8(13(20)11(16)6-9)7-18-19-14(21)10-3-1-2-4-12(10)17/h1-7,20H,17H2,(H,19,21)/b18-7-. The molecule has 5 nitrogen and oxygen atoms in total. The van der Waals surface area contributed by atoms with E-state index in [0.717, 1.165) is 0 Å². The number of rotatable bonds is 3. The van der Waals surface area contributed by atoms with Gasteiger partial charge >= 0.3 is 0 Å². The number of carbonyl (C=O) groups excluding carboxylic acids is 1. The Morgan fingerprint density at radius 3 is 2.71 bits per heavy atom. The topological polar surface area (TPSA) is 87.7 Å². The third-order valence-electron chi connectivity index (χ3n) is 2.63. The molecule has 0 bridgehead atoms. The van der Waals surface area contributed by atoms with Crippen LogP contribution in [0.5, 0.6) is 5.75 Å². The molecule has 0 fully saturated rings. The van der Waals surface area contributed by atoms with Crippen molar-refractivity contribution in [1.29, 1.82) is 0 Å². The molecule has 2 aromatic rings. The minimum Gasteiger partial charge on any atom is -0.506 e. The van der Waals surface area contributed by atoms with Crippen molar-refractivity contribution in [3.05, 3.63) is 57.6 Å². The summed E-state index contributed by atoms with van der Waals surface area (Å²) in [6.45, 7) is 0. The van der Waals surface area contributed by atoms with Crippen molar-refractivity contribution in [2.24, 2.45) is 5.10 Å². The molecule has 0 heterocycles. The van der Waals surface area contributed by atoms with Gasteiger partial charge in [-0.2, -0.15) is 5.10 Å². The van der Waals surface area contributed by atoms with Gasteiger partial charge in [0.2, 0.25) is 0 Å². The molecule has 0 atom stereocenters. The highest BCUT2D eigenvalue weighted by Crippen LogP contribution is 2.29. The Hall–Kier alpha value is -2.24. The highest BCUT2D eigenvalue weighted by molar-refractivity contribution is 6.36. The number of para-hydroxylation sites is 1. The number of aromatic hydroxyl groups is 1. The third kappa shape index (κ3) is 3.65. The van der Waals surface area contributed by atoms with Crippen LogP contribution < -0.4 is 11.2 Å². The summed E-state index contributed by atoms with van der Waals surface area (Å²) in [7, 11) is 0. The quantitative estimate of drug-likeness (QED) is 0.461. The summed E-state index contributed by atoms with van der Waals surface area (Å²) < 4.78 is 0. The molecule has 0 unspecified atom stereocenters. The number of phenols is 1. The molecule has 0 aliphatic carbocycles. The zero-order valence-corrected chi connectivity index (χ0v) is 12.2. The molecule has 0 aliphatic rings. The number of hydrogen-bond donors (Lipinski definition) is 3. The summed E-state index contributed by atoms with van der Waals surface area (Å²) in [5, 5.41) is 13.9. The summed E-state index contributed by atoms with van der Waals surface area (Å²) in [5.41, 5.74) is 8.93. The highest BCUT2D eigenvalue weighted by atomic mass is 35.5. The number of benzene rings is 2. The van der Waals surface area contributed by atoms with Gasteiger partial charge in [-0.15, -0.1) is 0 Å². The Kier molecular flexibility index (Phi) is 4.67. The number of amides is 1. The van der Waals surface area contributed by atoms with E-state index in [1.54, 1.807) is 24.3 Å². The SMILES string of the molecule is Nc1ccccc1C(=O)N/N=C\c1cc(Cl)cc(Cl)c1O. The van der Waals surface area contributed by atoms with E-state index in [2.05, 4.69) is 10.5 Å².